The highest BCUT2D eigenvalue weighted by Gasteiger charge is 2.16. The minimum absolute atomic E-state index is 0.157. The Bertz CT molecular complexity index is 463. The highest BCUT2D eigenvalue weighted by molar-refractivity contribution is 8.00. The summed E-state index contributed by atoms with van der Waals surface area (Å²) in [5, 5.41) is 11.8. The SMILES string of the molecule is CCOc1ccc(SCC(=O)NCC(O)C(=O)OC)cc1. The van der Waals surface area contributed by atoms with Gasteiger partial charge in [0.05, 0.1) is 26.0 Å². The molecule has 116 valence electrons. The Labute approximate surface area is 127 Å². The van der Waals surface area contributed by atoms with Crippen LogP contribution in [0.3, 0.4) is 0 Å². The molecule has 0 saturated carbocycles. The molecule has 7 heteroatoms. The summed E-state index contributed by atoms with van der Waals surface area (Å²) in [6, 6.07) is 7.41. The number of benzene rings is 1. The molecule has 1 unspecified atom stereocenters. The molecule has 0 aliphatic heterocycles. The number of nitrogens with one attached hydrogen (secondary N) is 1. The number of aliphatic hydroxyl groups is 1. The molecule has 0 aromatic heterocycles. The van der Waals surface area contributed by atoms with Gasteiger partial charge >= 0.3 is 5.97 Å². The summed E-state index contributed by atoms with van der Waals surface area (Å²) in [5.74, 6) is -0.0548. The second-order valence-electron chi connectivity index (χ2n) is 4.04. The Kier molecular flexibility index (Phi) is 7.63. The number of carbonyl (C=O) groups excluding carboxylic acids is 2. The third kappa shape index (κ3) is 6.50. The first-order valence-electron chi connectivity index (χ1n) is 6.45. The van der Waals surface area contributed by atoms with E-state index in [0.717, 1.165) is 10.6 Å². The van der Waals surface area contributed by atoms with Crippen molar-refractivity contribution in [1.29, 1.82) is 0 Å². The number of hydrogen-bond acceptors (Lipinski definition) is 6. The van der Waals surface area contributed by atoms with Gasteiger partial charge < -0.3 is 19.9 Å². The molecule has 0 radical (unpaired) electrons. The molecule has 0 bridgehead atoms. The van der Waals surface area contributed by atoms with Gasteiger partial charge in [-0.05, 0) is 31.2 Å². The quantitative estimate of drug-likeness (QED) is 0.546. The van der Waals surface area contributed by atoms with Gasteiger partial charge in [-0.15, -0.1) is 11.8 Å². The summed E-state index contributed by atoms with van der Waals surface area (Å²) in [7, 11) is 1.18. The molecule has 0 spiro atoms. The summed E-state index contributed by atoms with van der Waals surface area (Å²) in [5.41, 5.74) is 0. The predicted octanol–water partition coefficient (Wildman–Crippen LogP) is 0.827. The maximum absolute atomic E-state index is 11.6. The van der Waals surface area contributed by atoms with Crippen molar-refractivity contribution in [3.63, 3.8) is 0 Å². The number of hydrogen-bond donors (Lipinski definition) is 2. The Morgan fingerprint density at radius 3 is 2.57 bits per heavy atom. The summed E-state index contributed by atoms with van der Waals surface area (Å²) in [6.45, 7) is 2.36. The monoisotopic (exact) mass is 313 g/mol. The van der Waals surface area contributed by atoms with Crippen LogP contribution in [0.1, 0.15) is 6.92 Å². The van der Waals surface area contributed by atoms with E-state index in [1.54, 1.807) is 0 Å². The van der Waals surface area contributed by atoms with Gasteiger partial charge in [0.2, 0.25) is 5.91 Å². The normalized spacial score (nSPS) is 11.6. The van der Waals surface area contributed by atoms with E-state index in [1.807, 2.05) is 31.2 Å². The summed E-state index contributed by atoms with van der Waals surface area (Å²) < 4.78 is 9.67. The molecule has 1 aromatic rings. The standard InChI is InChI=1S/C14H19NO5S/c1-3-20-10-4-6-11(7-5-10)21-9-13(17)15-8-12(16)14(18)19-2/h4-7,12,16H,3,8-9H2,1-2H3,(H,15,17). The Morgan fingerprint density at radius 1 is 1.33 bits per heavy atom. The number of amides is 1. The van der Waals surface area contributed by atoms with Gasteiger partial charge in [-0.25, -0.2) is 4.79 Å². The van der Waals surface area contributed by atoms with Crippen LogP contribution in [-0.2, 0) is 14.3 Å². The highest BCUT2D eigenvalue weighted by atomic mass is 32.2. The van der Waals surface area contributed by atoms with Gasteiger partial charge in [0.15, 0.2) is 6.10 Å². The van der Waals surface area contributed by atoms with Crippen molar-refractivity contribution in [2.75, 3.05) is 26.0 Å². The van der Waals surface area contributed by atoms with Crippen LogP contribution in [0, 0.1) is 0 Å². The number of methoxy groups -OCH3 is 1. The van der Waals surface area contributed by atoms with Crippen molar-refractivity contribution in [1.82, 2.24) is 5.32 Å². The van der Waals surface area contributed by atoms with Gasteiger partial charge in [-0.3, -0.25) is 4.79 Å². The number of carbonyl (C=O) groups is 2. The number of thioether (sulfide) groups is 1. The van der Waals surface area contributed by atoms with Crippen molar-refractivity contribution in [3.8, 4) is 5.75 Å². The van der Waals surface area contributed by atoms with E-state index in [1.165, 1.54) is 18.9 Å². The molecule has 0 heterocycles. The minimum Gasteiger partial charge on any atom is -0.494 e. The molecule has 0 saturated heterocycles. The van der Waals surface area contributed by atoms with Crippen LogP contribution in [0.4, 0.5) is 0 Å². The molecule has 6 nitrogen and oxygen atoms in total. The molecule has 0 fully saturated rings. The van der Waals surface area contributed by atoms with E-state index in [0.29, 0.717) is 6.61 Å². The fraction of sp³-hybridized carbons (Fsp3) is 0.429. The van der Waals surface area contributed by atoms with Gasteiger partial charge in [0.25, 0.3) is 0 Å². The molecule has 0 aliphatic rings. The van der Waals surface area contributed by atoms with E-state index < -0.39 is 12.1 Å². The minimum atomic E-state index is -1.34. The van der Waals surface area contributed by atoms with Crippen LogP contribution >= 0.6 is 11.8 Å². The first-order valence-corrected chi connectivity index (χ1v) is 7.43. The molecule has 0 aliphatic carbocycles. The van der Waals surface area contributed by atoms with E-state index in [4.69, 9.17) is 4.74 Å². The lowest BCUT2D eigenvalue weighted by molar-refractivity contribution is -0.150. The molecule has 2 N–H and O–H groups in total. The van der Waals surface area contributed by atoms with Crippen LogP contribution in [0.15, 0.2) is 29.2 Å². The van der Waals surface area contributed by atoms with Crippen molar-refractivity contribution in [2.24, 2.45) is 0 Å². The maximum atomic E-state index is 11.6. The number of esters is 1. The average Bonchev–Trinajstić information content (AvgIpc) is 2.51. The molecule has 1 rings (SSSR count). The second kappa shape index (κ2) is 9.25. The van der Waals surface area contributed by atoms with E-state index in [9.17, 15) is 14.7 Å². The van der Waals surface area contributed by atoms with Crippen LogP contribution < -0.4 is 10.1 Å². The average molecular weight is 313 g/mol. The lowest BCUT2D eigenvalue weighted by Crippen LogP contribution is -2.37. The zero-order chi connectivity index (χ0) is 15.7. The van der Waals surface area contributed by atoms with Crippen LogP contribution in [0.2, 0.25) is 0 Å². The van der Waals surface area contributed by atoms with Crippen LogP contribution in [-0.4, -0.2) is 49.1 Å². The summed E-state index contributed by atoms with van der Waals surface area (Å²) >= 11 is 1.36. The van der Waals surface area contributed by atoms with Gasteiger partial charge in [-0.2, -0.15) is 0 Å². The third-order valence-corrected chi connectivity index (χ3v) is 3.48. The maximum Gasteiger partial charge on any atom is 0.336 e. The van der Waals surface area contributed by atoms with E-state index >= 15 is 0 Å². The number of aliphatic hydroxyl groups excluding tert-OH is 1. The highest BCUT2D eigenvalue weighted by Crippen LogP contribution is 2.21. The topological polar surface area (TPSA) is 84.9 Å². The van der Waals surface area contributed by atoms with E-state index in [-0.39, 0.29) is 18.2 Å². The Morgan fingerprint density at radius 2 is 2.00 bits per heavy atom. The molecular weight excluding hydrogens is 294 g/mol. The fourth-order valence-corrected chi connectivity index (χ4v) is 2.16. The van der Waals surface area contributed by atoms with Gasteiger partial charge in [0.1, 0.15) is 5.75 Å². The molecule has 21 heavy (non-hydrogen) atoms. The van der Waals surface area contributed by atoms with Crippen molar-refractivity contribution in [2.45, 2.75) is 17.9 Å². The second-order valence-corrected chi connectivity index (χ2v) is 5.08. The third-order valence-electron chi connectivity index (χ3n) is 2.47. The molecular formula is C14H19NO5S. The lowest BCUT2D eigenvalue weighted by atomic mass is 10.3. The van der Waals surface area contributed by atoms with Crippen molar-refractivity contribution >= 4 is 23.6 Å². The van der Waals surface area contributed by atoms with Crippen LogP contribution in [0.5, 0.6) is 5.75 Å². The first-order chi connectivity index (χ1) is 10.1. The largest absolute Gasteiger partial charge is 0.494 e. The van der Waals surface area contributed by atoms with Gasteiger partial charge in [0, 0.05) is 4.90 Å². The summed E-state index contributed by atoms with van der Waals surface area (Å²) in [6.07, 6.45) is -1.34. The lowest BCUT2D eigenvalue weighted by Gasteiger charge is -2.09. The fourth-order valence-electron chi connectivity index (χ4n) is 1.43. The predicted molar refractivity (Wildman–Crippen MR) is 79.4 cm³/mol. The molecule has 1 atom stereocenters. The Balaban J connectivity index is 2.31. The Hall–Kier alpha value is -1.73. The summed E-state index contributed by atoms with van der Waals surface area (Å²) in [4.78, 5) is 23.5. The smallest absolute Gasteiger partial charge is 0.336 e. The number of ether oxygens (including phenoxy) is 2. The molecule has 1 aromatic carbocycles. The van der Waals surface area contributed by atoms with E-state index in [2.05, 4.69) is 10.1 Å². The van der Waals surface area contributed by atoms with Crippen LogP contribution in [0.25, 0.3) is 0 Å². The first kappa shape index (κ1) is 17.3. The zero-order valence-corrected chi connectivity index (χ0v) is 12.8. The molecule has 1 amide bonds. The zero-order valence-electron chi connectivity index (χ0n) is 12.0. The van der Waals surface area contributed by atoms with Gasteiger partial charge in [-0.1, -0.05) is 0 Å². The van der Waals surface area contributed by atoms with Crippen molar-refractivity contribution < 1.29 is 24.2 Å². The number of rotatable bonds is 8. The van der Waals surface area contributed by atoms with Crippen molar-refractivity contribution in [3.05, 3.63) is 24.3 Å².